The molecule has 0 fully saturated rings. The Morgan fingerprint density at radius 3 is 2.72 bits per heavy atom. The molecule has 0 saturated heterocycles. The average Bonchev–Trinajstić information content (AvgIpc) is 3.64. The Morgan fingerprint density at radius 1 is 1.10 bits per heavy atom. The monoisotopic (exact) mass is 547 g/mol. The molecule has 3 heterocycles. The lowest BCUT2D eigenvalue weighted by Gasteiger charge is -2.27. The summed E-state index contributed by atoms with van der Waals surface area (Å²) in [5.74, 6) is -0.305. The molecule has 3 aromatic carbocycles. The summed E-state index contributed by atoms with van der Waals surface area (Å²) >= 11 is 6.19. The molecule has 9 nitrogen and oxygen atoms in total. The second kappa shape index (κ2) is 9.59. The van der Waals surface area contributed by atoms with E-state index in [4.69, 9.17) is 35.0 Å². The Bertz CT molecular complexity index is 1670. The van der Waals surface area contributed by atoms with Gasteiger partial charge in [0.1, 0.15) is 5.75 Å². The number of furan rings is 1. The third-order valence-electron chi connectivity index (χ3n) is 6.56. The lowest BCUT2D eigenvalue weighted by atomic mass is 9.94. The van der Waals surface area contributed by atoms with Crippen LogP contribution in [0.3, 0.4) is 0 Å². The summed E-state index contributed by atoms with van der Waals surface area (Å²) in [5.41, 5.74) is 1.13. The number of methoxy groups -OCH3 is 1. The fourth-order valence-corrected chi connectivity index (χ4v) is 5.09. The number of Topliss-reactive ketones (excluding diaryl/α,β-unsaturated/α-hetero) is 1. The van der Waals surface area contributed by atoms with Crippen molar-refractivity contribution in [2.24, 2.45) is 0 Å². The van der Waals surface area contributed by atoms with Gasteiger partial charge in [-0.2, -0.15) is 0 Å². The minimum atomic E-state index is -0.996. The molecule has 1 unspecified atom stereocenters. The standard InChI is InChI=1S/C29H22ClNO8/c1-3-36-19-6-4-5-15(10-19)25-24(26(32)22-11-16-9-17(30)12-23(35-2)28(16)39-22)27(33)29(34)31(25)18-7-8-20-21(13-18)38-14-37-20/h4-13,25,33H,3,14H2,1-2H3. The van der Waals surface area contributed by atoms with E-state index in [1.54, 1.807) is 54.6 Å². The molecule has 0 radical (unpaired) electrons. The highest BCUT2D eigenvalue weighted by atomic mass is 35.5. The molecule has 2 aliphatic rings. The van der Waals surface area contributed by atoms with Crippen molar-refractivity contribution >= 4 is 39.9 Å². The summed E-state index contributed by atoms with van der Waals surface area (Å²) in [5, 5.41) is 12.1. The number of aliphatic hydroxyl groups is 1. The van der Waals surface area contributed by atoms with Gasteiger partial charge in [-0.1, -0.05) is 23.7 Å². The number of anilines is 1. The van der Waals surface area contributed by atoms with E-state index >= 15 is 0 Å². The first-order valence-corrected chi connectivity index (χ1v) is 12.5. The molecular weight excluding hydrogens is 526 g/mol. The number of ether oxygens (including phenoxy) is 4. The van der Waals surface area contributed by atoms with Crippen LogP contribution in [-0.2, 0) is 4.79 Å². The average molecular weight is 548 g/mol. The highest BCUT2D eigenvalue weighted by Gasteiger charge is 2.46. The van der Waals surface area contributed by atoms with Crippen LogP contribution in [-0.4, -0.2) is 37.3 Å². The molecule has 0 aliphatic carbocycles. The van der Waals surface area contributed by atoms with Crippen molar-refractivity contribution in [2.75, 3.05) is 25.4 Å². The Balaban J connectivity index is 1.50. The third-order valence-corrected chi connectivity index (χ3v) is 6.78. The smallest absolute Gasteiger partial charge is 0.294 e. The van der Waals surface area contributed by atoms with Crippen molar-refractivity contribution < 1.29 is 38.1 Å². The number of carbonyl (C=O) groups is 2. The number of hydrogen-bond donors (Lipinski definition) is 1. The predicted molar refractivity (Wildman–Crippen MR) is 142 cm³/mol. The van der Waals surface area contributed by atoms with E-state index < -0.39 is 23.5 Å². The lowest BCUT2D eigenvalue weighted by molar-refractivity contribution is -0.117. The van der Waals surface area contributed by atoms with Gasteiger partial charge < -0.3 is 28.5 Å². The maximum atomic E-state index is 14.0. The van der Waals surface area contributed by atoms with Crippen LogP contribution in [0.1, 0.15) is 29.1 Å². The maximum Gasteiger partial charge on any atom is 0.294 e. The molecule has 0 spiro atoms. The predicted octanol–water partition coefficient (Wildman–Crippen LogP) is 6.01. The van der Waals surface area contributed by atoms with E-state index in [0.29, 0.717) is 56.8 Å². The topological polar surface area (TPSA) is 108 Å². The molecule has 1 N–H and O–H groups in total. The Labute approximate surface area is 227 Å². The highest BCUT2D eigenvalue weighted by Crippen LogP contribution is 2.46. The van der Waals surface area contributed by atoms with Crippen molar-refractivity contribution in [3.63, 3.8) is 0 Å². The summed E-state index contributed by atoms with van der Waals surface area (Å²) in [6.07, 6.45) is 0. The number of carbonyl (C=O) groups excluding carboxylic acids is 2. The molecule has 10 heteroatoms. The van der Waals surface area contributed by atoms with E-state index in [2.05, 4.69) is 0 Å². The van der Waals surface area contributed by atoms with Gasteiger partial charge in [0.05, 0.1) is 25.3 Å². The minimum absolute atomic E-state index is 0.0549. The van der Waals surface area contributed by atoms with Crippen molar-refractivity contribution in [1.29, 1.82) is 0 Å². The van der Waals surface area contributed by atoms with Gasteiger partial charge in [-0.3, -0.25) is 14.5 Å². The summed E-state index contributed by atoms with van der Waals surface area (Å²) in [7, 11) is 1.46. The first-order valence-electron chi connectivity index (χ1n) is 12.1. The Kier molecular flexibility index (Phi) is 6.07. The van der Waals surface area contributed by atoms with Crippen molar-refractivity contribution in [2.45, 2.75) is 13.0 Å². The number of aliphatic hydroxyl groups excluding tert-OH is 1. The molecule has 4 aromatic rings. The summed E-state index contributed by atoms with van der Waals surface area (Å²) in [6, 6.07) is 15.7. The maximum absolute atomic E-state index is 14.0. The second-order valence-electron chi connectivity index (χ2n) is 8.85. The molecule has 1 amide bonds. The van der Waals surface area contributed by atoms with Gasteiger partial charge >= 0.3 is 0 Å². The van der Waals surface area contributed by atoms with Gasteiger partial charge in [0.25, 0.3) is 5.91 Å². The van der Waals surface area contributed by atoms with E-state index in [-0.39, 0.29) is 18.1 Å². The number of amides is 1. The van der Waals surface area contributed by atoms with Crippen LogP contribution < -0.4 is 23.8 Å². The van der Waals surface area contributed by atoms with Crippen molar-refractivity contribution in [1.82, 2.24) is 0 Å². The number of halogens is 1. The van der Waals surface area contributed by atoms with Crippen LogP contribution in [0, 0.1) is 0 Å². The van der Waals surface area contributed by atoms with E-state index in [1.165, 1.54) is 18.1 Å². The van der Waals surface area contributed by atoms with Crippen molar-refractivity contribution in [3.05, 3.63) is 88.3 Å². The molecule has 39 heavy (non-hydrogen) atoms. The molecule has 6 rings (SSSR count). The SMILES string of the molecule is CCOc1cccc(C2C(C(=O)c3cc4cc(Cl)cc(OC)c4o3)=C(O)C(=O)N2c2ccc3c(c2)OCO3)c1. The number of ketones is 1. The van der Waals surface area contributed by atoms with Crippen LogP contribution in [0.15, 0.2) is 76.4 Å². The summed E-state index contributed by atoms with van der Waals surface area (Å²) in [6.45, 7) is 2.34. The first-order chi connectivity index (χ1) is 18.9. The number of hydrogen-bond acceptors (Lipinski definition) is 8. The number of fused-ring (bicyclic) bond motifs is 2. The van der Waals surface area contributed by atoms with E-state index in [1.807, 2.05) is 6.92 Å². The quantitative estimate of drug-likeness (QED) is 0.280. The molecule has 198 valence electrons. The van der Waals surface area contributed by atoms with Gasteiger partial charge in [-0.05, 0) is 48.9 Å². The summed E-state index contributed by atoms with van der Waals surface area (Å²) < 4.78 is 27.8. The van der Waals surface area contributed by atoms with E-state index in [0.717, 1.165) is 0 Å². The molecule has 0 saturated carbocycles. The zero-order valence-corrected chi connectivity index (χ0v) is 21.7. The van der Waals surface area contributed by atoms with Gasteiger partial charge in [0.2, 0.25) is 12.6 Å². The molecule has 2 aliphatic heterocycles. The normalized spacial score (nSPS) is 16.3. The van der Waals surface area contributed by atoms with Crippen molar-refractivity contribution in [3.8, 4) is 23.0 Å². The number of nitrogens with zero attached hydrogens (tertiary/aromatic N) is 1. The third kappa shape index (κ3) is 4.11. The largest absolute Gasteiger partial charge is 0.503 e. The first kappa shape index (κ1) is 24.7. The van der Waals surface area contributed by atoms with Crippen LogP contribution in [0.2, 0.25) is 5.02 Å². The lowest BCUT2D eigenvalue weighted by Crippen LogP contribution is -2.31. The number of rotatable bonds is 7. The second-order valence-corrected chi connectivity index (χ2v) is 9.29. The highest BCUT2D eigenvalue weighted by molar-refractivity contribution is 6.31. The van der Waals surface area contributed by atoms with E-state index in [9.17, 15) is 14.7 Å². The van der Waals surface area contributed by atoms with Crippen LogP contribution in [0.25, 0.3) is 11.0 Å². The van der Waals surface area contributed by atoms with Crippen LogP contribution >= 0.6 is 11.6 Å². The molecule has 0 bridgehead atoms. The fourth-order valence-electron chi connectivity index (χ4n) is 4.88. The van der Waals surface area contributed by atoms with Gasteiger partial charge in [-0.15, -0.1) is 0 Å². The summed E-state index contributed by atoms with van der Waals surface area (Å²) in [4.78, 5) is 28.9. The Morgan fingerprint density at radius 2 is 1.92 bits per heavy atom. The fraction of sp³-hybridized carbons (Fsp3) is 0.172. The van der Waals surface area contributed by atoms with Crippen LogP contribution in [0.4, 0.5) is 5.69 Å². The zero-order valence-electron chi connectivity index (χ0n) is 20.9. The van der Waals surface area contributed by atoms with Gasteiger partial charge in [0, 0.05) is 28.2 Å². The van der Waals surface area contributed by atoms with Crippen LogP contribution in [0.5, 0.6) is 23.0 Å². The number of benzene rings is 3. The Hall–Kier alpha value is -4.63. The zero-order chi connectivity index (χ0) is 27.3. The molecular formula is C29H22ClNO8. The molecule has 1 atom stereocenters. The van der Waals surface area contributed by atoms with Gasteiger partial charge in [0.15, 0.2) is 34.4 Å². The minimum Gasteiger partial charge on any atom is -0.503 e. The molecule has 1 aromatic heterocycles. The van der Waals surface area contributed by atoms with Gasteiger partial charge in [-0.25, -0.2) is 0 Å².